The average Bonchev–Trinajstić information content (AvgIpc) is 2.67. The van der Waals surface area contributed by atoms with Crippen LogP contribution in [0.1, 0.15) is 32.6 Å². The SMILES string of the molecule is Cc1cc(OCCc2ccccc2)cc(C)c1C(=O)Nc1cc(I)ccc1C(F)(F)F. The number of nitrogens with one attached hydrogen (secondary N) is 1. The Morgan fingerprint density at radius 2 is 1.65 bits per heavy atom. The van der Waals surface area contributed by atoms with Gasteiger partial charge >= 0.3 is 6.18 Å². The van der Waals surface area contributed by atoms with Crippen LogP contribution < -0.4 is 10.1 Å². The van der Waals surface area contributed by atoms with Crippen molar-refractivity contribution in [3.05, 3.63) is 92.1 Å². The molecule has 0 bridgehead atoms. The van der Waals surface area contributed by atoms with Gasteiger partial charge in [-0.1, -0.05) is 30.3 Å². The van der Waals surface area contributed by atoms with Crippen molar-refractivity contribution in [2.24, 2.45) is 0 Å². The minimum atomic E-state index is -4.56. The number of hydrogen-bond donors (Lipinski definition) is 1. The van der Waals surface area contributed by atoms with Gasteiger partial charge in [-0.15, -0.1) is 0 Å². The van der Waals surface area contributed by atoms with Crippen LogP contribution in [-0.2, 0) is 12.6 Å². The van der Waals surface area contributed by atoms with Gasteiger partial charge in [0.05, 0.1) is 17.9 Å². The normalized spacial score (nSPS) is 11.3. The van der Waals surface area contributed by atoms with Crippen LogP contribution in [0.3, 0.4) is 0 Å². The van der Waals surface area contributed by atoms with Crippen molar-refractivity contribution < 1.29 is 22.7 Å². The second-order valence-corrected chi connectivity index (χ2v) is 8.40. The number of benzene rings is 3. The molecular formula is C24H21F3INO2. The van der Waals surface area contributed by atoms with Crippen LogP contribution in [0.15, 0.2) is 60.7 Å². The molecule has 3 nitrogen and oxygen atoms in total. The minimum absolute atomic E-state index is 0.258. The molecule has 3 aromatic rings. The number of anilines is 1. The van der Waals surface area contributed by atoms with Gasteiger partial charge < -0.3 is 10.1 Å². The highest BCUT2D eigenvalue weighted by Crippen LogP contribution is 2.36. The lowest BCUT2D eigenvalue weighted by Gasteiger charge is -2.17. The summed E-state index contributed by atoms with van der Waals surface area (Å²) in [6.07, 6.45) is -3.82. The lowest BCUT2D eigenvalue weighted by molar-refractivity contribution is -0.136. The second kappa shape index (κ2) is 9.72. The van der Waals surface area contributed by atoms with Crippen LogP contribution in [0, 0.1) is 17.4 Å². The molecule has 0 saturated heterocycles. The zero-order valence-electron chi connectivity index (χ0n) is 17.0. The van der Waals surface area contributed by atoms with Crippen molar-refractivity contribution in [3.63, 3.8) is 0 Å². The first-order chi connectivity index (χ1) is 14.6. The summed E-state index contributed by atoms with van der Waals surface area (Å²) in [7, 11) is 0. The van der Waals surface area contributed by atoms with Gasteiger partial charge in [0, 0.05) is 15.6 Å². The van der Waals surface area contributed by atoms with Crippen LogP contribution in [0.25, 0.3) is 0 Å². The lowest BCUT2D eigenvalue weighted by atomic mass is 10.0. The van der Waals surface area contributed by atoms with E-state index in [1.165, 1.54) is 12.1 Å². The van der Waals surface area contributed by atoms with Gasteiger partial charge in [-0.25, -0.2) is 0 Å². The Bertz CT molecular complexity index is 1060. The summed E-state index contributed by atoms with van der Waals surface area (Å²) in [5, 5.41) is 2.44. The molecule has 0 radical (unpaired) electrons. The van der Waals surface area contributed by atoms with Crippen molar-refractivity contribution in [2.45, 2.75) is 26.4 Å². The fraction of sp³-hybridized carbons (Fsp3) is 0.208. The standard InChI is InChI=1S/C24H21F3INO2/c1-15-12-19(31-11-10-17-6-4-3-5-7-17)13-16(2)22(15)23(30)29-21-14-18(28)8-9-20(21)24(25,26)27/h3-9,12-14H,10-11H2,1-2H3,(H,29,30). The molecule has 0 fully saturated rings. The molecule has 0 saturated carbocycles. The Morgan fingerprint density at radius 3 is 2.26 bits per heavy atom. The van der Waals surface area contributed by atoms with Crippen LogP contribution in [0.4, 0.5) is 18.9 Å². The zero-order valence-corrected chi connectivity index (χ0v) is 19.2. The maximum Gasteiger partial charge on any atom is 0.418 e. The summed E-state index contributed by atoms with van der Waals surface area (Å²) in [6.45, 7) is 3.96. The van der Waals surface area contributed by atoms with E-state index >= 15 is 0 Å². The van der Waals surface area contributed by atoms with Crippen LogP contribution in [0.5, 0.6) is 5.75 Å². The first kappa shape index (κ1) is 23.1. The van der Waals surface area contributed by atoms with E-state index in [1.54, 1.807) is 26.0 Å². The molecule has 0 unspecified atom stereocenters. The van der Waals surface area contributed by atoms with Gasteiger partial charge in [-0.05, 0) is 83.5 Å². The Hall–Kier alpha value is -2.55. The Balaban J connectivity index is 1.76. The van der Waals surface area contributed by atoms with Crippen molar-refractivity contribution >= 4 is 34.2 Å². The largest absolute Gasteiger partial charge is 0.493 e. The van der Waals surface area contributed by atoms with Crippen LogP contribution in [0.2, 0.25) is 0 Å². The van der Waals surface area contributed by atoms with E-state index in [0.29, 0.717) is 32.6 Å². The number of alkyl halides is 3. The van der Waals surface area contributed by atoms with E-state index in [9.17, 15) is 18.0 Å². The summed E-state index contributed by atoms with van der Waals surface area (Å²) in [4.78, 5) is 12.8. The van der Waals surface area contributed by atoms with Crippen molar-refractivity contribution in [3.8, 4) is 5.75 Å². The second-order valence-electron chi connectivity index (χ2n) is 7.16. The molecule has 0 aliphatic heterocycles. The number of rotatable bonds is 6. The van der Waals surface area contributed by atoms with E-state index in [2.05, 4.69) is 5.32 Å². The fourth-order valence-corrected chi connectivity index (χ4v) is 3.84. The van der Waals surface area contributed by atoms with Gasteiger partial charge in [0.1, 0.15) is 5.75 Å². The van der Waals surface area contributed by atoms with Gasteiger partial charge in [0.2, 0.25) is 0 Å². The quantitative estimate of drug-likeness (QED) is 0.350. The third-order valence-electron chi connectivity index (χ3n) is 4.77. The Kier molecular flexibility index (Phi) is 7.25. The lowest BCUT2D eigenvalue weighted by Crippen LogP contribution is -2.19. The average molecular weight is 539 g/mol. The number of halogens is 4. The van der Waals surface area contributed by atoms with Gasteiger partial charge in [-0.2, -0.15) is 13.2 Å². The molecule has 0 aromatic heterocycles. The van der Waals surface area contributed by atoms with Crippen molar-refractivity contribution in [1.29, 1.82) is 0 Å². The smallest absolute Gasteiger partial charge is 0.418 e. The third-order valence-corrected chi connectivity index (χ3v) is 5.44. The summed E-state index contributed by atoms with van der Waals surface area (Å²) in [5.74, 6) is 0.0334. The fourth-order valence-electron chi connectivity index (χ4n) is 3.35. The minimum Gasteiger partial charge on any atom is -0.493 e. The van der Waals surface area contributed by atoms with E-state index in [0.717, 1.165) is 18.1 Å². The van der Waals surface area contributed by atoms with Crippen LogP contribution in [-0.4, -0.2) is 12.5 Å². The molecule has 7 heteroatoms. The summed E-state index contributed by atoms with van der Waals surface area (Å²) >= 11 is 1.91. The summed E-state index contributed by atoms with van der Waals surface area (Å²) < 4.78 is 46.4. The first-order valence-electron chi connectivity index (χ1n) is 9.61. The molecule has 3 rings (SSSR count). The van der Waals surface area contributed by atoms with E-state index in [1.807, 2.05) is 52.9 Å². The Morgan fingerprint density at radius 1 is 1.00 bits per heavy atom. The highest BCUT2D eigenvalue weighted by Gasteiger charge is 2.34. The molecule has 31 heavy (non-hydrogen) atoms. The molecule has 0 spiro atoms. The number of amides is 1. The molecule has 0 aliphatic rings. The zero-order chi connectivity index (χ0) is 22.6. The molecule has 0 heterocycles. The molecular weight excluding hydrogens is 518 g/mol. The number of ether oxygens (including phenoxy) is 1. The van der Waals surface area contributed by atoms with E-state index in [4.69, 9.17) is 4.74 Å². The number of carbonyl (C=O) groups excluding carboxylic acids is 1. The van der Waals surface area contributed by atoms with Gasteiger partial charge in [-0.3, -0.25) is 4.79 Å². The number of hydrogen-bond acceptors (Lipinski definition) is 2. The third kappa shape index (κ3) is 6.00. The maximum absolute atomic E-state index is 13.3. The molecule has 3 aromatic carbocycles. The van der Waals surface area contributed by atoms with Crippen molar-refractivity contribution in [2.75, 3.05) is 11.9 Å². The first-order valence-corrected chi connectivity index (χ1v) is 10.7. The maximum atomic E-state index is 13.3. The van der Waals surface area contributed by atoms with Crippen molar-refractivity contribution in [1.82, 2.24) is 0 Å². The summed E-state index contributed by atoms with van der Waals surface area (Å²) in [6, 6.07) is 17.0. The number of aryl methyl sites for hydroxylation is 2. The Labute approximate surface area is 192 Å². The topological polar surface area (TPSA) is 38.3 Å². The van der Waals surface area contributed by atoms with Gasteiger partial charge in [0.25, 0.3) is 5.91 Å². The van der Waals surface area contributed by atoms with Gasteiger partial charge in [0.15, 0.2) is 0 Å². The molecule has 1 N–H and O–H groups in total. The predicted molar refractivity (Wildman–Crippen MR) is 124 cm³/mol. The molecule has 162 valence electrons. The molecule has 0 atom stereocenters. The predicted octanol–water partition coefficient (Wildman–Crippen LogP) is 6.80. The van der Waals surface area contributed by atoms with E-state index < -0.39 is 17.6 Å². The molecule has 0 aliphatic carbocycles. The monoisotopic (exact) mass is 539 g/mol. The highest BCUT2D eigenvalue weighted by atomic mass is 127. The molecule has 1 amide bonds. The van der Waals surface area contributed by atoms with Crippen LogP contribution >= 0.6 is 22.6 Å². The summed E-state index contributed by atoms with van der Waals surface area (Å²) in [5.41, 5.74) is 1.62. The highest BCUT2D eigenvalue weighted by molar-refractivity contribution is 14.1. The van der Waals surface area contributed by atoms with E-state index in [-0.39, 0.29) is 5.69 Å². The number of carbonyl (C=O) groups is 1.